The maximum absolute atomic E-state index is 12.5. The van der Waals surface area contributed by atoms with E-state index in [-0.39, 0.29) is 5.91 Å². The predicted molar refractivity (Wildman–Crippen MR) is 83.7 cm³/mol. The van der Waals surface area contributed by atoms with E-state index in [1.807, 2.05) is 0 Å². The Labute approximate surface area is 129 Å². The summed E-state index contributed by atoms with van der Waals surface area (Å²) in [4.78, 5) is 20.9. The molecule has 6 nitrogen and oxygen atoms in total. The number of anilines is 1. The molecule has 0 spiro atoms. The summed E-state index contributed by atoms with van der Waals surface area (Å²) in [6.07, 6.45) is 0. The zero-order valence-corrected chi connectivity index (χ0v) is 13.4. The number of carbonyl (C=O) groups excluding carboxylic acids is 1. The van der Waals surface area contributed by atoms with Gasteiger partial charge < -0.3 is 14.8 Å². The molecule has 116 valence electrons. The van der Waals surface area contributed by atoms with Crippen molar-refractivity contribution in [1.82, 2.24) is 9.97 Å². The van der Waals surface area contributed by atoms with Crippen LogP contribution in [0.2, 0.25) is 0 Å². The Morgan fingerprint density at radius 1 is 1.00 bits per heavy atom. The standard InChI is InChI=1S/C16H19N3O3/c1-9-15(10(2)18-11(3)17-9)16(20)19-12-6-7-13(21-4)14(8-12)22-5/h6-8H,1-5H3,(H,19,20). The molecule has 1 amide bonds. The average Bonchev–Trinajstić information content (AvgIpc) is 2.45. The zero-order chi connectivity index (χ0) is 16.3. The highest BCUT2D eigenvalue weighted by molar-refractivity contribution is 6.05. The number of amides is 1. The molecule has 0 atom stereocenters. The molecule has 0 saturated heterocycles. The zero-order valence-electron chi connectivity index (χ0n) is 13.4. The smallest absolute Gasteiger partial charge is 0.259 e. The van der Waals surface area contributed by atoms with Gasteiger partial charge in [-0.15, -0.1) is 0 Å². The number of ether oxygens (including phenoxy) is 2. The van der Waals surface area contributed by atoms with Gasteiger partial charge in [0, 0.05) is 11.8 Å². The first kappa shape index (κ1) is 15.8. The molecule has 2 aromatic rings. The van der Waals surface area contributed by atoms with Gasteiger partial charge in [0.05, 0.1) is 31.2 Å². The van der Waals surface area contributed by atoms with Gasteiger partial charge >= 0.3 is 0 Å². The second kappa shape index (κ2) is 6.43. The van der Waals surface area contributed by atoms with Gasteiger partial charge in [-0.1, -0.05) is 0 Å². The molecule has 1 aromatic carbocycles. The van der Waals surface area contributed by atoms with Gasteiger partial charge in [0.1, 0.15) is 5.82 Å². The molecule has 1 N–H and O–H groups in total. The first-order valence-electron chi connectivity index (χ1n) is 6.81. The summed E-state index contributed by atoms with van der Waals surface area (Å²) in [5.41, 5.74) is 2.41. The number of nitrogens with one attached hydrogen (secondary N) is 1. The van der Waals surface area contributed by atoms with E-state index >= 15 is 0 Å². The first-order chi connectivity index (χ1) is 10.5. The number of aryl methyl sites for hydroxylation is 3. The van der Waals surface area contributed by atoms with E-state index in [0.29, 0.717) is 40.0 Å². The minimum atomic E-state index is -0.248. The lowest BCUT2D eigenvalue weighted by molar-refractivity contribution is 0.102. The van der Waals surface area contributed by atoms with E-state index < -0.39 is 0 Å². The second-order valence-electron chi connectivity index (χ2n) is 4.84. The summed E-state index contributed by atoms with van der Waals surface area (Å²) in [6.45, 7) is 5.40. The third-order valence-corrected chi connectivity index (χ3v) is 3.25. The second-order valence-corrected chi connectivity index (χ2v) is 4.84. The van der Waals surface area contributed by atoms with Gasteiger partial charge in [-0.25, -0.2) is 9.97 Å². The number of nitrogens with zero attached hydrogens (tertiary/aromatic N) is 2. The molecule has 0 aliphatic heterocycles. The van der Waals surface area contributed by atoms with Crippen LogP contribution in [0.15, 0.2) is 18.2 Å². The van der Waals surface area contributed by atoms with Crippen LogP contribution in [0.4, 0.5) is 5.69 Å². The van der Waals surface area contributed by atoms with Crippen molar-refractivity contribution >= 4 is 11.6 Å². The summed E-state index contributed by atoms with van der Waals surface area (Å²) in [5.74, 6) is 1.56. The molecule has 0 unspecified atom stereocenters. The minimum absolute atomic E-state index is 0.248. The molecule has 0 fully saturated rings. The summed E-state index contributed by atoms with van der Waals surface area (Å²) in [5, 5.41) is 2.83. The monoisotopic (exact) mass is 301 g/mol. The quantitative estimate of drug-likeness (QED) is 0.940. The highest BCUT2D eigenvalue weighted by Gasteiger charge is 2.16. The van der Waals surface area contributed by atoms with Gasteiger partial charge in [0.15, 0.2) is 11.5 Å². The van der Waals surface area contributed by atoms with Crippen LogP contribution >= 0.6 is 0 Å². The largest absolute Gasteiger partial charge is 0.493 e. The summed E-state index contributed by atoms with van der Waals surface area (Å²) in [7, 11) is 3.11. The lowest BCUT2D eigenvalue weighted by Crippen LogP contribution is -2.17. The van der Waals surface area contributed by atoms with Crippen LogP contribution < -0.4 is 14.8 Å². The molecule has 2 rings (SSSR count). The molecule has 22 heavy (non-hydrogen) atoms. The number of hydrogen-bond acceptors (Lipinski definition) is 5. The first-order valence-corrected chi connectivity index (χ1v) is 6.81. The van der Waals surface area contributed by atoms with Crippen LogP contribution in [-0.2, 0) is 0 Å². The lowest BCUT2D eigenvalue weighted by Gasteiger charge is -2.12. The summed E-state index contributed by atoms with van der Waals surface area (Å²) < 4.78 is 10.4. The fraction of sp³-hybridized carbons (Fsp3) is 0.312. The Morgan fingerprint density at radius 2 is 1.59 bits per heavy atom. The lowest BCUT2D eigenvalue weighted by atomic mass is 10.1. The Kier molecular flexibility index (Phi) is 4.60. The van der Waals surface area contributed by atoms with Crippen LogP contribution in [0.5, 0.6) is 11.5 Å². The molecule has 1 aromatic heterocycles. The van der Waals surface area contributed by atoms with Crippen LogP contribution in [0.25, 0.3) is 0 Å². The number of benzene rings is 1. The molecule has 0 radical (unpaired) electrons. The highest BCUT2D eigenvalue weighted by atomic mass is 16.5. The fourth-order valence-electron chi connectivity index (χ4n) is 2.32. The molecular weight excluding hydrogens is 282 g/mol. The van der Waals surface area contributed by atoms with Crippen LogP contribution in [0.1, 0.15) is 27.6 Å². The Hall–Kier alpha value is -2.63. The molecule has 0 bridgehead atoms. The van der Waals surface area contributed by atoms with E-state index in [4.69, 9.17) is 9.47 Å². The maximum Gasteiger partial charge on any atom is 0.259 e. The Bertz CT molecular complexity index is 691. The number of hydrogen-bond donors (Lipinski definition) is 1. The van der Waals surface area contributed by atoms with Crippen molar-refractivity contribution in [2.24, 2.45) is 0 Å². The van der Waals surface area contributed by atoms with Crippen molar-refractivity contribution in [1.29, 1.82) is 0 Å². The molecule has 0 aliphatic rings. The molecule has 0 aliphatic carbocycles. The van der Waals surface area contributed by atoms with E-state index in [0.717, 1.165) is 0 Å². The molecular formula is C16H19N3O3. The van der Waals surface area contributed by atoms with Crippen molar-refractivity contribution < 1.29 is 14.3 Å². The van der Waals surface area contributed by atoms with E-state index in [1.165, 1.54) is 0 Å². The fourth-order valence-corrected chi connectivity index (χ4v) is 2.32. The van der Waals surface area contributed by atoms with Crippen molar-refractivity contribution in [2.75, 3.05) is 19.5 Å². The third-order valence-electron chi connectivity index (χ3n) is 3.25. The molecule has 1 heterocycles. The number of aromatic nitrogens is 2. The van der Waals surface area contributed by atoms with Gasteiger partial charge in [-0.05, 0) is 32.9 Å². The van der Waals surface area contributed by atoms with Gasteiger partial charge in [-0.2, -0.15) is 0 Å². The topological polar surface area (TPSA) is 73.3 Å². The van der Waals surface area contributed by atoms with Crippen LogP contribution in [-0.4, -0.2) is 30.1 Å². The van der Waals surface area contributed by atoms with Crippen molar-refractivity contribution in [3.05, 3.63) is 41.0 Å². The number of carbonyl (C=O) groups is 1. The summed E-state index contributed by atoms with van der Waals surface area (Å²) >= 11 is 0. The van der Waals surface area contributed by atoms with Gasteiger partial charge in [0.25, 0.3) is 5.91 Å². The maximum atomic E-state index is 12.5. The predicted octanol–water partition coefficient (Wildman–Crippen LogP) is 2.67. The molecule has 0 saturated carbocycles. The number of rotatable bonds is 4. The van der Waals surface area contributed by atoms with Crippen LogP contribution in [0, 0.1) is 20.8 Å². The minimum Gasteiger partial charge on any atom is -0.493 e. The Balaban J connectivity index is 2.30. The number of methoxy groups -OCH3 is 2. The van der Waals surface area contributed by atoms with Gasteiger partial charge in [-0.3, -0.25) is 4.79 Å². The van der Waals surface area contributed by atoms with E-state index in [9.17, 15) is 4.79 Å². The van der Waals surface area contributed by atoms with E-state index in [2.05, 4.69) is 15.3 Å². The SMILES string of the molecule is COc1ccc(NC(=O)c2c(C)nc(C)nc2C)cc1OC. The van der Waals surface area contributed by atoms with Crippen molar-refractivity contribution in [3.63, 3.8) is 0 Å². The van der Waals surface area contributed by atoms with Crippen LogP contribution in [0.3, 0.4) is 0 Å². The average molecular weight is 301 g/mol. The summed E-state index contributed by atoms with van der Waals surface area (Å²) in [6, 6.07) is 5.19. The van der Waals surface area contributed by atoms with Crippen molar-refractivity contribution in [3.8, 4) is 11.5 Å². The molecule has 6 heteroatoms. The third kappa shape index (κ3) is 3.16. The Morgan fingerprint density at radius 3 is 2.14 bits per heavy atom. The van der Waals surface area contributed by atoms with Crippen molar-refractivity contribution in [2.45, 2.75) is 20.8 Å². The normalized spacial score (nSPS) is 10.2. The van der Waals surface area contributed by atoms with Gasteiger partial charge in [0.2, 0.25) is 0 Å². The highest BCUT2D eigenvalue weighted by Crippen LogP contribution is 2.30. The van der Waals surface area contributed by atoms with E-state index in [1.54, 1.807) is 53.2 Å².